The van der Waals surface area contributed by atoms with Crippen LogP contribution in [0.3, 0.4) is 0 Å². The molecule has 2 aromatic rings. The van der Waals surface area contributed by atoms with Crippen LogP contribution >= 0.6 is 0 Å². The number of halogens is 3. The van der Waals surface area contributed by atoms with E-state index in [1.54, 1.807) is 6.07 Å². The number of amides is 1. The number of hydrogen-bond donors (Lipinski definition) is 2. The topological polar surface area (TPSA) is 68.3 Å². The average Bonchev–Trinajstić information content (AvgIpc) is 3.02. The molecule has 1 aromatic heterocycles. The quantitative estimate of drug-likeness (QED) is 0.814. The first kappa shape index (κ1) is 19.1. The van der Waals surface area contributed by atoms with E-state index < -0.39 is 23.7 Å². The number of hydrogen-bond acceptors (Lipinski definition) is 3. The van der Waals surface area contributed by atoms with Gasteiger partial charge in [-0.15, -0.1) is 0 Å². The van der Waals surface area contributed by atoms with Crippen LogP contribution in [0.25, 0.3) is 0 Å². The summed E-state index contributed by atoms with van der Waals surface area (Å²) in [6.07, 6.45) is -2.63. The van der Waals surface area contributed by atoms with Crippen molar-refractivity contribution >= 4 is 5.91 Å². The molecule has 0 bridgehead atoms. The minimum atomic E-state index is -4.43. The van der Waals surface area contributed by atoms with Gasteiger partial charge in [0.1, 0.15) is 12.0 Å². The van der Waals surface area contributed by atoms with E-state index in [0.29, 0.717) is 23.3 Å². The Hall–Kier alpha value is -2.28. The van der Waals surface area contributed by atoms with Gasteiger partial charge in [-0.05, 0) is 36.1 Å². The first-order valence-corrected chi connectivity index (χ1v) is 7.96. The van der Waals surface area contributed by atoms with Gasteiger partial charge in [-0.3, -0.25) is 4.79 Å². The molecule has 0 saturated heterocycles. The van der Waals surface area contributed by atoms with Crippen molar-refractivity contribution < 1.29 is 22.4 Å². The SMILES string of the molecule is CC(C)CC(NC(=O)c1coc(CN)c1)c1cccc(C(F)(F)F)c1. The predicted molar refractivity (Wildman–Crippen MR) is 87.7 cm³/mol. The van der Waals surface area contributed by atoms with Gasteiger partial charge in [0.05, 0.1) is 23.7 Å². The maximum atomic E-state index is 13.0. The van der Waals surface area contributed by atoms with Crippen LogP contribution in [-0.2, 0) is 12.7 Å². The molecule has 0 aliphatic rings. The normalized spacial score (nSPS) is 13.1. The molecule has 0 saturated carbocycles. The Morgan fingerprint density at radius 2 is 2.00 bits per heavy atom. The first-order chi connectivity index (χ1) is 11.7. The highest BCUT2D eigenvalue weighted by atomic mass is 19.4. The summed E-state index contributed by atoms with van der Waals surface area (Å²) in [6, 6.07) is 6.01. The van der Waals surface area contributed by atoms with Gasteiger partial charge in [-0.2, -0.15) is 13.2 Å². The Labute approximate surface area is 144 Å². The number of benzene rings is 1. The lowest BCUT2D eigenvalue weighted by Crippen LogP contribution is -2.29. The van der Waals surface area contributed by atoms with Crippen molar-refractivity contribution in [3.8, 4) is 0 Å². The fourth-order valence-electron chi connectivity index (χ4n) is 2.53. The van der Waals surface area contributed by atoms with Crippen molar-refractivity contribution in [1.29, 1.82) is 0 Å². The molecule has 1 heterocycles. The van der Waals surface area contributed by atoms with Gasteiger partial charge in [0.15, 0.2) is 0 Å². The van der Waals surface area contributed by atoms with Crippen LogP contribution in [0.2, 0.25) is 0 Å². The molecule has 0 radical (unpaired) electrons. The van der Waals surface area contributed by atoms with Gasteiger partial charge in [0.25, 0.3) is 5.91 Å². The second-order valence-corrected chi connectivity index (χ2v) is 6.28. The molecule has 1 amide bonds. The summed E-state index contributed by atoms with van der Waals surface area (Å²) in [5.41, 5.74) is 5.42. The minimum absolute atomic E-state index is 0.163. The second kappa shape index (κ2) is 7.74. The Balaban J connectivity index is 2.25. The Bertz CT molecular complexity index is 723. The number of nitrogens with one attached hydrogen (secondary N) is 1. The molecule has 1 atom stereocenters. The molecular formula is C18H21F3N2O2. The summed E-state index contributed by atoms with van der Waals surface area (Å²) in [5, 5.41) is 2.79. The third-order valence-electron chi connectivity index (χ3n) is 3.75. The summed E-state index contributed by atoms with van der Waals surface area (Å²) in [7, 11) is 0. The Morgan fingerprint density at radius 3 is 2.56 bits per heavy atom. The van der Waals surface area contributed by atoms with Crippen LogP contribution in [-0.4, -0.2) is 5.91 Å². The zero-order chi connectivity index (χ0) is 18.6. The molecule has 0 aliphatic heterocycles. The zero-order valence-electron chi connectivity index (χ0n) is 14.1. The van der Waals surface area contributed by atoms with Crippen LogP contribution in [0.4, 0.5) is 13.2 Å². The Kier molecular flexibility index (Phi) is 5.89. The van der Waals surface area contributed by atoms with Crippen molar-refractivity contribution in [3.05, 3.63) is 59.0 Å². The summed E-state index contributed by atoms with van der Waals surface area (Å²) < 4.78 is 44.0. The third-order valence-corrected chi connectivity index (χ3v) is 3.75. The fraction of sp³-hybridized carbons (Fsp3) is 0.389. The fourth-order valence-corrected chi connectivity index (χ4v) is 2.53. The van der Waals surface area contributed by atoms with Crippen molar-refractivity contribution in [2.45, 2.75) is 39.0 Å². The zero-order valence-corrected chi connectivity index (χ0v) is 14.1. The first-order valence-electron chi connectivity index (χ1n) is 7.96. The van der Waals surface area contributed by atoms with Crippen LogP contribution in [0.15, 0.2) is 41.0 Å². The van der Waals surface area contributed by atoms with Crippen LogP contribution in [0, 0.1) is 5.92 Å². The van der Waals surface area contributed by atoms with Gasteiger partial charge >= 0.3 is 6.18 Å². The summed E-state index contributed by atoms with van der Waals surface area (Å²) in [5.74, 6) is 0.236. The number of alkyl halides is 3. The van der Waals surface area contributed by atoms with Gasteiger partial charge in [-0.1, -0.05) is 26.0 Å². The summed E-state index contributed by atoms with van der Waals surface area (Å²) >= 11 is 0. The highest BCUT2D eigenvalue weighted by molar-refractivity contribution is 5.94. The molecule has 1 unspecified atom stereocenters. The van der Waals surface area contributed by atoms with E-state index in [-0.39, 0.29) is 12.5 Å². The highest BCUT2D eigenvalue weighted by Crippen LogP contribution is 2.32. The van der Waals surface area contributed by atoms with Crippen molar-refractivity contribution in [3.63, 3.8) is 0 Å². The maximum absolute atomic E-state index is 13.0. The van der Waals surface area contributed by atoms with Crippen molar-refractivity contribution in [2.24, 2.45) is 11.7 Å². The predicted octanol–water partition coefficient (Wildman–Crippen LogP) is 4.27. The standard InChI is InChI=1S/C18H21F3N2O2/c1-11(2)6-16(12-4-3-5-14(7-12)18(19,20)21)23-17(24)13-8-15(9-22)25-10-13/h3-5,7-8,10-11,16H,6,9,22H2,1-2H3,(H,23,24). The monoisotopic (exact) mass is 354 g/mol. The van der Waals surface area contributed by atoms with Gasteiger partial charge < -0.3 is 15.5 Å². The molecular weight excluding hydrogens is 333 g/mol. The smallest absolute Gasteiger partial charge is 0.416 e. The molecule has 0 aliphatic carbocycles. The van der Waals surface area contributed by atoms with E-state index in [4.69, 9.17) is 10.2 Å². The average molecular weight is 354 g/mol. The van der Waals surface area contributed by atoms with E-state index in [9.17, 15) is 18.0 Å². The molecule has 25 heavy (non-hydrogen) atoms. The van der Waals surface area contributed by atoms with E-state index in [0.717, 1.165) is 12.1 Å². The van der Waals surface area contributed by atoms with E-state index in [1.165, 1.54) is 18.4 Å². The number of carbonyl (C=O) groups is 1. The van der Waals surface area contributed by atoms with Gasteiger partial charge in [-0.25, -0.2) is 0 Å². The molecule has 136 valence electrons. The van der Waals surface area contributed by atoms with Crippen molar-refractivity contribution in [1.82, 2.24) is 5.32 Å². The summed E-state index contributed by atoms with van der Waals surface area (Å²) in [4.78, 5) is 12.4. The summed E-state index contributed by atoms with van der Waals surface area (Å²) in [6.45, 7) is 4.05. The van der Waals surface area contributed by atoms with E-state index in [2.05, 4.69) is 5.32 Å². The number of furan rings is 1. The number of nitrogens with two attached hydrogens (primary N) is 1. The van der Waals surface area contributed by atoms with Crippen LogP contribution in [0.5, 0.6) is 0 Å². The van der Waals surface area contributed by atoms with E-state index in [1.807, 2.05) is 13.8 Å². The molecule has 0 spiro atoms. The Morgan fingerprint density at radius 1 is 1.28 bits per heavy atom. The molecule has 3 N–H and O–H groups in total. The second-order valence-electron chi connectivity index (χ2n) is 6.28. The van der Waals surface area contributed by atoms with Gasteiger partial charge in [0.2, 0.25) is 0 Å². The highest BCUT2D eigenvalue weighted by Gasteiger charge is 2.31. The maximum Gasteiger partial charge on any atom is 0.416 e. The molecule has 0 fully saturated rings. The third kappa shape index (κ3) is 5.09. The van der Waals surface area contributed by atoms with E-state index >= 15 is 0 Å². The number of rotatable bonds is 6. The molecule has 7 heteroatoms. The molecule has 1 aromatic carbocycles. The van der Waals surface area contributed by atoms with Crippen LogP contribution in [0.1, 0.15) is 53.6 Å². The van der Waals surface area contributed by atoms with Crippen molar-refractivity contribution in [2.75, 3.05) is 0 Å². The number of carbonyl (C=O) groups excluding carboxylic acids is 1. The minimum Gasteiger partial charge on any atom is -0.467 e. The lowest BCUT2D eigenvalue weighted by atomic mass is 9.95. The molecule has 2 rings (SSSR count). The lowest BCUT2D eigenvalue weighted by Gasteiger charge is -2.22. The largest absolute Gasteiger partial charge is 0.467 e. The van der Waals surface area contributed by atoms with Crippen LogP contribution < -0.4 is 11.1 Å². The lowest BCUT2D eigenvalue weighted by molar-refractivity contribution is -0.137. The van der Waals surface area contributed by atoms with Gasteiger partial charge in [0, 0.05) is 0 Å². The molecule has 4 nitrogen and oxygen atoms in total.